The first-order valence-electron chi connectivity index (χ1n) is 8.64. The Morgan fingerprint density at radius 3 is 1.48 bits per heavy atom. The number of rotatable bonds is 16. The van der Waals surface area contributed by atoms with Gasteiger partial charge in [-0.1, -0.05) is 12.1 Å². The van der Waals surface area contributed by atoms with E-state index in [-0.39, 0.29) is 25.0 Å². The SMILES string of the molecule is COC(OC)[Si]CCCOC(=O)C1OC1C(=O)OCCC[Si]C(OC)OC. The fraction of sp³-hybridized carbons (Fsp3) is 0.875. The maximum absolute atomic E-state index is 11.8. The molecule has 11 heteroatoms. The Hall–Kier alpha value is -0.826. The number of ether oxygens (including phenoxy) is 7. The Kier molecular flexibility index (Phi) is 12.7. The minimum Gasteiger partial charge on any atom is -0.464 e. The van der Waals surface area contributed by atoms with E-state index in [1.165, 1.54) is 0 Å². The van der Waals surface area contributed by atoms with Gasteiger partial charge in [0, 0.05) is 28.4 Å². The topological polar surface area (TPSA) is 102 Å². The second-order valence-corrected chi connectivity index (χ2v) is 8.29. The largest absolute Gasteiger partial charge is 0.464 e. The van der Waals surface area contributed by atoms with Crippen LogP contribution >= 0.6 is 0 Å². The highest BCUT2D eigenvalue weighted by molar-refractivity contribution is 6.36. The molecule has 0 aliphatic carbocycles. The summed E-state index contributed by atoms with van der Waals surface area (Å²) < 4.78 is 35.6. The number of carbonyl (C=O) groups excluding carboxylic acids is 2. The van der Waals surface area contributed by atoms with E-state index in [1.807, 2.05) is 0 Å². The molecule has 0 bridgehead atoms. The first-order valence-corrected chi connectivity index (χ1v) is 11.2. The summed E-state index contributed by atoms with van der Waals surface area (Å²) in [4.78, 5) is 23.6. The molecule has 0 aromatic carbocycles. The van der Waals surface area contributed by atoms with Gasteiger partial charge < -0.3 is 33.2 Å². The molecule has 27 heavy (non-hydrogen) atoms. The first kappa shape index (κ1) is 24.2. The highest BCUT2D eigenvalue weighted by atomic mass is 28.2. The summed E-state index contributed by atoms with van der Waals surface area (Å²) in [5.74, 6) is -1.50. The molecule has 154 valence electrons. The van der Waals surface area contributed by atoms with Gasteiger partial charge in [0.1, 0.15) is 30.9 Å². The van der Waals surface area contributed by atoms with E-state index in [0.717, 1.165) is 12.1 Å². The van der Waals surface area contributed by atoms with Crippen LogP contribution in [0.1, 0.15) is 12.8 Å². The lowest BCUT2D eigenvalue weighted by Gasteiger charge is -2.11. The number of hydrogen-bond donors (Lipinski definition) is 0. The smallest absolute Gasteiger partial charge is 0.338 e. The van der Waals surface area contributed by atoms with Crippen molar-refractivity contribution in [3.8, 4) is 0 Å². The normalized spacial score (nSPS) is 18.7. The Morgan fingerprint density at radius 1 is 0.778 bits per heavy atom. The van der Waals surface area contributed by atoms with E-state index < -0.39 is 24.1 Å². The quantitative estimate of drug-likeness (QED) is 0.112. The lowest BCUT2D eigenvalue weighted by molar-refractivity contribution is -0.147. The number of esters is 2. The van der Waals surface area contributed by atoms with Crippen molar-refractivity contribution in [1.29, 1.82) is 0 Å². The molecular weight excluding hydrogens is 392 g/mol. The van der Waals surface area contributed by atoms with Crippen molar-refractivity contribution in [1.82, 2.24) is 0 Å². The first-order chi connectivity index (χ1) is 13.1. The van der Waals surface area contributed by atoms with Crippen LogP contribution in [-0.4, -0.2) is 96.7 Å². The predicted molar refractivity (Wildman–Crippen MR) is 96.5 cm³/mol. The van der Waals surface area contributed by atoms with Gasteiger partial charge in [0.2, 0.25) is 0 Å². The fourth-order valence-electron chi connectivity index (χ4n) is 2.09. The van der Waals surface area contributed by atoms with Crippen molar-refractivity contribution in [2.24, 2.45) is 0 Å². The molecule has 1 saturated heterocycles. The van der Waals surface area contributed by atoms with E-state index in [9.17, 15) is 9.59 Å². The zero-order valence-corrected chi connectivity index (χ0v) is 18.2. The molecule has 1 aliphatic rings. The van der Waals surface area contributed by atoms with Crippen LogP contribution in [0, 0.1) is 0 Å². The third kappa shape index (κ3) is 9.78. The van der Waals surface area contributed by atoms with Crippen molar-refractivity contribution in [2.45, 2.75) is 49.0 Å². The summed E-state index contributed by atoms with van der Waals surface area (Å²) in [5, 5.41) is 0. The average Bonchev–Trinajstić information content (AvgIpc) is 3.48. The zero-order valence-electron chi connectivity index (χ0n) is 16.2. The molecule has 9 nitrogen and oxygen atoms in total. The summed E-state index contributed by atoms with van der Waals surface area (Å²) in [6.45, 7) is 0.545. The minimum absolute atomic E-state index is 0.220. The highest BCUT2D eigenvalue weighted by Gasteiger charge is 2.52. The average molecular weight is 421 g/mol. The summed E-state index contributed by atoms with van der Waals surface area (Å²) >= 11 is 0. The summed E-state index contributed by atoms with van der Waals surface area (Å²) in [7, 11) is 7.28. The van der Waals surface area contributed by atoms with E-state index in [1.54, 1.807) is 28.4 Å². The molecule has 0 spiro atoms. The van der Waals surface area contributed by atoms with Crippen molar-refractivity contribution in [3.63, 3.8) is 0 Å². The maximum Gasteiger partial charge on any atom is 0.338 e. The Morgan fingerprint density at radius 2 is 1.15 bits per heavy atom. The molecule has 2 unspecified atom stereocenters. The van der Waals surface area contributed by atoms with Crippen LogP contribution in [0.25, 0.3) is 0 Å². The van der Waals surface area contributed by atoms with Gasteiger partial charge in [0.15, 0.2) is 12.2 Å². The van der Waals surface area contributed by atoms with Crippen molar-refractivity contribution in [3.05, 3.63) is 0 Å². The minimum atomic E-state index is -0.848. The number of hydrogen-bond acceptors (Lipinski definition) is 9. The van der Waals surface area contributed by atoms with Crippen LogP contribution in [0.2, 0.25) is 12.1 Å². The molecule has 0 amide bonds. The molecule has 0 saturated carbocycles. The van der Waals surface area contributed by atoms with Crippen molar-refractivity contribution >= 4 is 31.0 Å². The van der Waals surface area contributed by atoms with E-state index in [4.69, 9.17) is 33.2 Å². The molecule has 1 fully saturated rings. The van der Waals surface area contributed by atoms with Gasteiger partial charge in [-0.25, -0.2) is 9.59 Å². The zero-order chi connectivity index (χ0) is 20.1. The number of carbonyl (C=O) groups is 2. The molecule has 4 radical (unpaired) electrons. The number of methoxy groups -OCH3 is 4. The summed E-state index contributed by atoms with van der Waals surface area (Å²) in [6.07, 6.45) is -0.308. The van der Waals surface area contributed by atoms with Crippen LogP contribution < -0.4 is 0 Å². The second-order valence-electron chi connectivity index (χ2n) is 5.53. The van der Waals surface area contributed by atoms with Crippen LogP contribution in [-0.2, 0) is 42.7 Å². The third-order valence-electron chi connectivity index (χ3n) is 3.57. The Labute approximate surface area is 164 Å². The van der Waals surface area contributed by atoms with Crippen LogP contribution in [0.4, 0.5) is 0 Å². The monoisotopic (exact) mass is 420 g/mol. The standard InChI is InChI=1S/C16H28O9Si2/c1-19-15(20-2)26-9-5-7-23-13(17)11-12(25-11)14(18)24-8-6-10-27-16(21-3)22-4/h11-12,15-16H,5-10H2,1-4H3. The maximum atomic E-state index is 11.8. The summed E-state index contributed by atoms with van der Waals surface area (Å²) in [6, 6.07) is 1.65. The van der Waals surface area contributed by atoms with E-state index in [2.05, 4.69) is 0 Å². The third-order valence-corrected chi connectivity index (χ3v) is 6.46. The summed E-state index contributed by atoms with van der Waals surface area (Å²) in [5.41, 5.74) is 0. The van der Waals surface area contributed by atoms with Gasteiger partial charge >= 0.3 is 11.9 Å². The fourth-order valence-corrected chi connectivity index (χ4v) is 3.93. The van der Waals surface area contributed by atoms with Gasteiger partial charge in [-0.2, -0.15) is 0 Å². The Balaban J connectivity index is 2.05. The lowest BCUT2D eigenvalue weighted by atomic mass is 10.3. The lowest BCUT2D eigenvalue weighted by Crippen LogP contribution is -2.23. The molecule has 1 rings (SSSR count). The van der Waals surface area contributed by atoms with Crippen LogP contribution in [0.5, 0.6) is 0 Å². The Bertz CT molecular complexity index is 392. The van der Waals surface area contributed by atoms with Gasteiger partial charge in [0.05, 0.1) is 13.2 Å². The van der Waals surface area contributed by atoms with E-state index >= 15 is 0 Å². The molecule has 0 aromatic heterocycles. The molecular formula is C16H28O9Si2. The highest BCUT2D eigenvalue weighted by Crippen LogP contribution is 2.25. The van der Waals surface area contributed by atoms with Gasteiger partial charge in [0.25, 0.3) is 0 Å². The molecule has 1 heterocycles. The van der Waals surface area contributed by atoms with Crippen molar-refractivity contribution in [2.75, 3.05) is 41.7 Å². The van der Waals surface area contributed by atoms with Crippen molar-refractivity contribution < 1.29 is 42.7 Å². The van der Waals surface area contributed by atoms with Crippen LogP contribution in [0.15, 0.2) is 0 Å². The van der Waals surface area contributed by atoms with Gasteiger partial charge in [-0.05, 0) is 12.8 Å². The predicted octanol–water partition coefficient (Wildman–Crippen LogP) is 0.0182. The van der Waals surface area contributed by atoms with E-state index in [0.29, 0.717) is 31.9 Å². The molecule has 0 N–H and O–H groups in total. The van der Waals surface area contributed by atoms with Gasteiger partial charge in [-0.15, -0.1) is 0 Å². The molecule has 2 atom stereocenters. The molecule has 1 aliphatic heterocycles. The molecule has 0 aromatic rings. The van der Waals surface area contributed by atoms with Crippen LogP contribution in [0.3, 0.4) is 0 Å². The number of epoxide rings is 1. The van der Waals surface area contributed by atoms with Gasteiger partial charge in [-0.3, -0.25) is 0 Å². The second kappa shape index (κ2) is 14.2.